The summed E-state index contributed by atoms with van der Waals surface area (Å²) in [5, 5.41) is 10.1. The molecule has 0 aromatic heterocycles. The van der Waals surface area contributed by atoms with Gasteiger partial charge in [0.1, 0.15) is 5.56 Å². The van der Waals surface area contributed by atoms with Crippen molar-refractivity contribution in [2.45, 2.75) is 6.92 Å². The summed E-state index contributed by atoms with van der Waals surface area (Å²) in [6.07, 6.45) is 0. The highest BCUT2D eigenvalue weighted by Gasteiger charge is 2.24. The first kappa shape index (κ1) is 18.7. The number of nitrogens with one attached hydrogen (secondary N) is 1. The highest BCUT2D eigenvalue weighted by Crippen LogP contribution is 2.31. The maximum Gasteiger partial charge on any atom is 0.341 e. The third-order valence-corrected chi connectivity index (χ3v) is 4.59. The summed E-state index contributed by atoms with van der Waals surface area (Å²) >= 11 is 0. The van der Waals surface area contributed by atoms with E-state index in [1.165, 1.54) is 7.05 Å². The zero-order chi connectivity index (χ0) is 17.8. The number of nitrogens with zero attached hydrogens (tertiary/aromatic N) is 1. The number of carbonyl (C=O) groups is 2. The van der Waals surface area contributed by atoms with Crippen LogP contribution in [0.4, 0.5) is 5.69 Å². The van der Waals surface area contributed by atoms with E-state index in [0.29, 0.717) is 0 Å². The van der Waals surface area contributed by atoms with Gasteiger partial charge in [0.15, 0.2) is 5.75 Å². The van der Waals surface area contributed by atoms with Gasteiger partial charge in [-0.2, -0.15) is 12.7 Å². The van der Waals surface area contributed by atoms with Gasteiger partial charge in [0.05, 0.1) is 25.5 Å². The molecule has 0 unspecified atom stereocenters. The molecule has 0 bridgehead atoms. The van der Waals surface area contributed by atoms with Crippen LogP contribution in [0.5, 0.6) is 5.75 Å². The monoisotopic (exact) mass is 346 g/mol. The first-order valence-corrected chi connectivity index (χ1v) is 7.89. The molecular formula is C13H18N2O7S. The van der Waals surface area contributed by atoms with E-state index in [0.717, 1.165) is 30.7 Å². The second-order valence-corrected chi connectivity index (χ2v) is 6.20. The highest BCUT2D eigenvalue weighted by molar-refractivity contribution is 7.90. The van der Waals surface area contributed by atoms with Gasteiger partial charge in [-0.1, -0.05) is 6.92 Å². The lowest BCUT2D eigenvalue weighted by atomic mass is 10.1. The number of anilines is 1. The van der Waals surface area contributed by atoms with Crippen LogP contribution in [0.2, 0.25) is 0 Å². The van der Waals surface area contributed by atoms with Gasteiger partial charge < -0.3 is 14.6 Å². The van der Waals surface area contributed by atoms with E-state index >= 15 is 0 Å². The molecule has 1 aromatic carbocycles. The number of ether oxygens (including phenoxy) is 2. The summed E-state index contributed by atoms with van der Waals surface area (Å²) in [5.41, 5.74) is -0.830. The van der Waals surface area contributed by atoms with Gasteiger partial charge in [-0.25, -0.2) is 9.59 Å². The van der Waals surface area contributed by atoms with Crippen molar-refractivity contribution in [2.24, 2.45) is 0 Å². The predicted octanol–water partition coefficient (Wildman–Crippen LogP) is 0.574. The third-order valence-electron chi connectivity index (χ3n) is 3.03. The normalized spacial score (nSPS) is 11.2. The summed E-state index contributed by atoms with van der Waals surface area (Å²) in [7, 11) is -0.430. The second-order valence-electron chi connectivity index (χ2n) is 4.42. The van der Waals surface area contributed by atoms with Gasteiger partial charge in [-0.05, 0) is 12.1 Å². The Kier molecular flexibility index (Phi) is 5.93. The van der Waals surface area contributed by atoms with Crippen molar-refractivity contribution in [3.63, 3.8) is 0 Å². The van der Waals surface area contributed by atoms with Gasteiger partial charge in [0.2, 0.25) is 0 Å². The molecule has 0 aliphatic carbocycles. The predicted molar refractivity (Wildman–Crippen MR) is 81.6 cm³/mol. The van der Waals surface area contributed by atoms with Crippen LogP contribution in [-0.4, -0.2) is 57.6 Å². The maximum atomic E-state index is 12.1. The second kappa shape index (κ2) is 7.29. The average molecular weight is 346 g/mol. The zero-order valence-corrected chi connectivity index (χ0v) is 13.9. The minimum Gasteiger partial charge on any atom is -0.505 e. The number of carbonyl (C=O) groups excluding carboxylic acids is 2. The molecule has 0 saturated heterocycles. The third kappa shape index (κ3) is 4.11. The molecule has 0 heterocycles. The number of benzene rings is 1. The molecule has 10 heteroatoms. The molecule has 1 aromatic rings. The quantitative estimate of drug-likeness (QED) is 0.570. The van der Waals surface area contributed by atoms with Crippen molar-refractivity contribution < 1.29 is 32.6 Å². The molecule has 0 saturated carbocycles. The number of rotatable bonds is 6. The van der Waals surface area contributed by atoms with Crippen LogP contribution in [0.15, 0.2) is 12.1 Å². The number of hydrogen-bond acceptors (Lipinski definition) is 7. The van der Waals surface area contributed by atoms with Crippen molar-refractivity contribution in [2.75, 3.05) is 32.5 Å². The van der Waals surface area contributed by atoms with Crippen LogP contribution in [0.1, 0.15) is 27.6 Å². The van der Waals surface area contributed by atoms with E-state index in [2.05, 4.69) is 14.2 Å². The van der Waals surface area contributed by atoms with Gasteiger partial charge in [-0.15, -0.1) is 0 Å². The van der Waals surface area contributed by atoms with Gasteiger partial charge in [0.25, 0.3) is 0 Å². The fraction of sp³-hybridized carbons (Fsp3) is 0.385. The largest absolute Gasteiger partial charge is 0.505 e. The van der Waals surface area contributed by atoms with Crippen molar-refractivity contribution in [3.8, 4) is 5.75 Å². The summed E-state index contributed by atoms with van der Waals surface area (Å²) < 4.78 is 36.2. The van der Waals surface area contributed by atoms with Gasteiger partial charge >= 0.3 is 22.1 Å². The number of methoxy groups -OCH3 is 2. The van der Waals surface area contributed by atoms with Crippen molar-refractivity contribution in [1.29, 1.82) is 0 Å². The van der Waals surface area contributed by atoms with Crippen LogP contribution in [-0.2, 0) is 19.7 Å². The number of hydrogen-bond donors (Lipinski definition) is 2. The van der Waals surface area contributed by atoms with Crippen LogP contribution in [0.25, 0.3) is 0 Å². The van der Waals surface area contributed by atoms with Gasteiger partial charge in [-0.3, -0.25) is 4.72 Å². The first-order chi connectivity index (χ1) is 10.7. The summed E-state index contributed by atoms with van der Waals surface area (Å²) in [4.78, 5) is 23.3. The minimum absolute atomic E-state index is 0.123. The maximum absolute atomic E-state index is 12.1. The average Bonchev–Trinajstić information content (AvgIpc) is 2.53. The number of phenolic OH excluding ortho intramolecular Hbond substituents is 1. The molecule has 23 heavy (non-hydrogen) atoms. The van der Waals surface area contributed by atoms with Crippen molar-refractivity contribution in [3.05, 3.63) is 23.3 Å². The smallest absolute Gasteiger partial charge is 0.341 e. The Morgan fingerprint density at radius 1 is 1.22 bits per heavy atom. The number of aromatic hydroxyl groups is 1. The fourth-order valence-corrected chi connectivity index (χ4v) is 2.53. The molecule has 2 N–H and O–H groups in total. The standard InChI is InChI=1S/C13H18N2O7S/c1-5-15(2)23(19,20)14-10-7-8(12(17)21-3)6-9(11(10)16)13(18)22-4/h6-7,14,16H,5H2,1-4H3. The van der Waals surface area contributed by atoms with E-state index in [1.54, 1.807) is 6.92 Å². The number of esters is 2. The number of phenols is 1. The molecule has 0 aliphatic heterocycles. The molecule has 9 nitrogen and oxygen atoms in total. The molecule has 0 radical (unpaired) electrons. The summed E-state index contributed by atoms with van der Waals surface area (Å²) in [5.74, 6) is -2.39. The molecule has 1 rings (SSSR count). The van der Waals surface area contributed by atoms with E-state index < -0.39 is 27.9 Å². The Balaban J connectivity index is 3.46. The molecule has 0 spiro atoms. The van der Waals surface area contributed by atoms with E-state index in [-0.39, 0.29) is 23.4 Å². The SMILES string of the molecule is CCN(C)S(=O)(=O)Nc1cc(C(=O)OC)cc(C(=O)OC)c1O. The van der Waals surface area contributed by atoms with E-state index in [9.17, 15) is 23.1 Å². The van der Waals surface area contributed by atoms with Crippen molar-refractivity contribution >= 4 is 27.8 Å². The Morgan fingerprint density at radius 3 is 2.26 bits per heavy atom. The van der Waals surface area contributed by atoms with Crippen LogP contribution < -0.4 is 4.72 Å². The Labute approximate surface area is 134 Å². The molecule has 0 fully saturated rings. The molecule has 0 aliphatic rings. The lowest BCUT2D eigenvalue weighted by Crippen LogP contribution is -2.32. The lowest BCUT2D eigenvalue weighted by molar-refractivity contribution is 0.0597. The van der Waals surface area contributed by atoms with Crippen LogP contribution in [0, 0.1) is 0 Å². The molecule has 128 valence electrons. The van der Waals surface area contributed by atoms with E-state index in [4.69, 9.17) is 0 Å². The fourth-order valence-electron chi connectivity index (χ4n) is 1.60. The summed E-state index contributed by atoms with van der Waals surface area (Å²) in [6, 6.07) is 2.11. The van der Waals surface area contributed by atoms with Crippen molar-refractivity contribution in [1.82, 2.24) is 4.31 Å². The van der Waals surface area contributed by atoms with Crippen LogP contribution >= 0.6 is 0 Å². The molecule has 0 amide bonds. The van der Waals surface area contributed by atoms with Gasteiger partial charge in [0, 0.05) is 13.6 Å². The first-order valence-electron chi connectivity index (χ1n) is 6.45. The van der Waals surface area contributed by atoms with E-state index in [1.807, 2.05) is 0 Å². The summed E-state index contributed by atoms with van der Waals surface area (Å²) in [6.45, 7) is 1.79. The molecule has 0 atom stereocenters. The van der Waals surface area contributed by atoms with Crippen LogP contribution in [0.3, 0.4) is 0 Å². The Bertz CT molecular complexity index is 715. The highest BCUT2D eigenvalue weighted by atomic mass is 32.2. The Morgan fingerprint density at radius 2 is 1.78 bits per heavy atom. The zero-order valence-electron chi connectivity index (χ0n) is 13.1. The molecular weight excluding hydrogens is 328 g/mol. The topological polar surface area (TPSA) is 122 Å². The Hall–Kier alpha value is -2.33. The minimum atomic E-state index is -3.97. The lowest BCUT2D eigenvalue weighted by Gasteiger charge is -2.18.